The van der Waals surface area contributed by atoms with Crippen molar-refractivity contribution in [1.82, 2.24) is 29.6 Å². The molecule has 2 heterocycles. The predicted octanol–water partition coefficient (Wildman–Crippen LogP) is 4.35. The van der Waals surface area contributed by atoms with Crippen molar-refractivity contribution >= 4 is 17.7 Å². The summed E-state index contributed by atoms with van der Waals surface area (Å²) in [5, 5.41) is 12.3. The predicted molar refractivity (Wildman–Crippen MR) is 126 cm³/mol. The van der Waals surface area contributed by atoms with E-state index in [1.165, 1.54) is 17.3 Å². The maximum atomic E-state index is 12.6. The van der Waals surface area contributed by atoms with Gasteiger partial charge in [-0.2, -0.15) is 0 Å². The van der Waals surface area contributed by atoms with E-state index in [1.54, 1.807) is 12.5 Å². The fourth-order valence-corrected chi connectivity index (χ4v) is 4.32. The average molecular weight is 447 g/mol. The highest BCUT2D eigenvalue weighted by molar-refractivity contribution is 7.99. The molecule has 0 saturated carbocycles. The third kappa shape index (κ3) is 4.75. The molecule has 0 bridgehead atoms. The number of benzene rings is 2. The highest BCUT2D eigenvalue weighted by Crippen LogP contribution is 2.25. The van der Waals surface area contributed by atoms with E-state index in [2.05, 4.69) is 52.5 Å². The number of hydrogen-bond donors (Lipinski definition) is 1. The normalized spacial score (nSPS) is 12.0. The number of nitrogens with zero attached hydrogens (tertiary/aromatic N) is 5. The topological polar surface area (TPSA) is 77.6 Å². The summed E-state index contributed by atoms with van der Waals surface area (Å²) in [6.07, 6.45) is 5.41. The molecular weight excluding hydrogens is 420 g/mol. The maximum Gasteiger partial charge on any atom is 0.230 e. The summed E-state index contributed by atoms with van der Waals surface area (Å²) in [4.78, 5) is 16.7. The molecule has 0 unspecified atom stereocenters. The van der Waals surface area contributed by atoms with Crippen molar-refractivity contribution in [3.8, 4) is 11.4 Å². The SMILES string of the molecule is Cc1ccc(C)c(-n2c(C)nnc2SCC(=O)N[C@@H](C)c2ccc(-n3ccnc3)cc2)c1. The molecule has 1 N–H and O–H groups in total. The largest absolute Gasteiger partial charge is 0.349 e. The summed E-state index contributed by atoms with van der Waals surface area (Å²) in [5.41, 5.74) is 5.42. The third-order valence-corrected chi connectivity index (χ3v) is 6.24. The van der Waals surface area contributed by atoms with Crippen LogP contribution in [0.1, 0.15) is 35.5 Å². The summed E-state index contributed by atoms with van der Waals surface area (Å²) in [5.74, 6) is 1.02. The number of aryl methyl sites for hydroxylation is 3. The minimum atomic E-state index is -0.0986. The molecule has 1 atom stereocenters. The van der Waals surface area contributed by atoms with E-state index < -0.39 is 0 Å². The van der Waals surface area contributed by atoms with Crippen LogP contribution in [-0.2, 0) is 4.79 Å². The molecule has 7 nitrogen and oxygen atoms in total. The monoisotopic (exact) mass is 446 g/mol. The summed E-state index contributed by atoms with van der Waals surface area (Å²) in [6, 6.07) is 14.3. The van der Waals surface area contributed by atoms with Gasteiger partial charge in [-0.25, -0.2) is 4.98 Å². The number of thioether (sulfide) groups is 1. The smallest absolute Gasteiger partial charge is 0.230 e. The second-order valence-corrected chi connectivity index (χ2v) is 8.74. The van der Waals surface area contributed by atoms with Crippen LogP contribution < -0.4 is 5.32 Å². The van der Waals surface area contributed by atoms with Gasteiger partial charge in [0.25, 0.3) is 0 Å². The van der Waals surface area contributed by atoms with E-state index in [9.17, 15) is 4.79 Å². The third-order valence-electron chi connectivity index (χ3n) is 5.31. The maximum absolute atomic E-state index is 12.6. The number of carbonyl (C=O) groups excluding carboxylic acids is 1. The molecule has 2 aromatic carbocycles. The van der Waals surface area contributed by atoms with Crippen LogP contribution >= 0.6 is 11.8 Å². The molecule has 0 spiro atoms. The lowest BCUT2D eigenvalue weighted by Gasteiger charge is -2.15. The number of hydrogen-bond acceptors (Lipinski definition) is 5. The summed E-state index contributed by atoms with van der Waals surface area (Å²) < 4.78 is 3.95. The van der Waals surface area contributed by atoms with Crippen molar-refractivity contribution in [3.63, 3.8) is 0 Å². The number of aromatic nitrogens is 5. The molecular formula is C24H26N6OS. The minimum Gasteiger partial charge on any atom is -0.349 e. The quantitative estimate of drug-likeness (QED) is 0.427. The molecule has 0 aliphatic carbocycles. The zero-order valence-corrected chi connectivity index (χ0v) is 19.4. The molecule has 2 aromatic heterocycles. The van der Waals surface area contributed by atoms with E-state index in [-0.39, 0.29) is 17.7 Å². The first-order valence-corrected chi connectivity index (χ1v) is 11.4. The second kappa shape index (κ2) is 9.40. The highest BCUT2D eigenvalue weighted by Gasteiger charge is 2.16. The van der Waals surface area contributed by atoms with Crippen molar-refractivity contribution in [2.24, 2.45) is 0 Å². The first-order valence-electron chi connectivity index (χ1n) is 10.4. The zero-order valence-electron chi connectivity index (χ0n) is 18.6. The molecule has 0 radical (unpaired) electrons. The number of carbonyl (C=O) groups is 1. The fraction of sp³-hybridized carbons (Fsp3) is 0.250. The van der Waals surface area contributed by atoms with E-state index >= 15 is 0 Å². The van der Waals surface area contributed by atoms with Crippen LogP contribution in [0.4, 0.5) is 0 Å². The summed E-state index contributed by atoms with van der Waals surface area (Å²) in [7, 11) is 0. The molecule has 0 saturated heterocycles. The lowest BCUT2D eigenvalue weighted by Crippen LogP contribution is -2.28. The minimum absolute atomic E-state index is 0.0469. The summed E-state index contributed by atoms with van der Waals surface area (Å²) in [6.45, 7) is 8.04. The van der Waals surface area contributed by atoms with Crippen LogP contribution in [0.25, 0.3) is 11.4 Å². The van der Waals surface area contributed by atoms with Crippen LogP contribution in [0.2, 0.25) is 0 Å². The van der Waals surface area contributed by atoms with Gasteiger partial charge in [0.1, 0.15) is 5.82 Å². The Hall–Kier alpha value is -3.39. The first-order chi connectivity index (χ1) is 15.4. The van der Waals surface area contributed by atoms with Gasteiger partial charge in [0.05, 0.1) is 23.8 Å². The average Bonchev–Trinajstić information content (AvgIpc) is 3.44. The summed E-state index contributed by atoms with van der Waals surface area (Å²) >= 11 is 1.39. The van der Waals surface area contributed by atoms with Crippen LogP contribution in [0.15, 0.2) is 66.3 Å². The van der Waals surface area contributed by atoms with Gasteiger partial charge in [-0.1, -0.05) is 36.0 Å². The van der Waals surface area contributed by atoms with Gasteiger partial charge in [-0.3, -0.25) is 9.36 Å². The zero-order chi connectivity index (χ0) is 22.7. The second-order valence-electron chi connectivity index (χ2n) is 7.79. The van der Waals surface area contributed by atoms with Gasteiger partial charge >= 0.3 is 0 Å². The first kappa shape index (κ1) is 21.8. The van der Waals surface area contributed by atoms with Crippen LogP contribution in [0.5, 0.6) is 0 Å². The molecule has 4 rings (SSSR count). The van der Waals surface area contributed by atoms with Gasteiger partial charge in [-0.05, 0) is 62.6 Å². The number of amides is 1. The van der Waals surface area contributed by atoms with Gasteiger partial charge in [0.15, 0.2) is 5.16 Å². The molecule has 0 fully saturated rings. The number of imidazole rings is 1. The van der Waals surface area contributed by atoms with Crippen molar-refractivity contribution in [2.75, 3.05) is 5.75 Å². The van der Waals surface area contributed by atoms with Gasteiger partial charge < -0.3 is 9.88 Å². The molecule has 0 aliphatic heterocycles. The molecule has 164 valence electrons. The lowest BCUT2D eigenvalue weighted by molar-refractivity contribution is -0.119. The Bertz CT molecular complexity index is 1210. The number of nitrogens with one attached hydrogen (secondary N) is 1. The molecule has 32 heavy (non-hydrogen) atoms. The van der Waals surface area contributed by atoms with Crippen LogP contribution in [0, 0.1) is 20.8 Å². The molecule has 4 aromatic rings. The Balaban J connectivity index is 1.40. The van der Waals surface area contributed by atoms with E-state index in [1.807, 2.05) is 53.4 Å². The lowest BCUT2D eigenvalue weighted by atomic mass is 10.1. The van der Waals surface area contributed by atoms with Crippen molar-refractivity contribution < 1.29 is 4.79 Å². The van der Waals surface area contributed by atoms with Crippen molar-refractivity contribution in [3.05, 3.63) is 83.7 Å². The van der Waals surface area contributed by atoms with Gasteiger partial charge in [0, 0.05) is 18.1 Å². The molecule has 0 aliphatic rings. The highest BCUT2D eigenvalue weighted by atomic mass is 32.2. The molecule has 1 amide bonds. The standard InChI is InChI=1S/C24H26N6OS/c1-16-5-6-17(2)22(13-16)30-19(4)27-28-24(30)32-14-23(31)26-18(3)20-7-9-21(10-8-20)29-12-11-25-15-29/h5-13,15,18H,14H2,1-4H3,(H,26,31)/t18-/m0/s1. The Kier molecular flexibility index (Phi) is 6.41. The van der Waals surface area contributed by atoms with Gasteiger partial charge in [0.2, 0.25) is 5.91 Å². The Morgan fingerprint density at radius 3 is 2.59 bits per heavy atom. The van der Waals surface area contributed by atoms with Crippen molar-refractivity contribution in [2.45, 2.75) is 38.9 Å². The van der Waals surface area contributed by atoms with E-state index in [0.29, 0.717) is 5.16 Å². The van der Waals surface area contributed by atoms with Crippen molar-refractivity contribution in [1.29, 1.82) is 0 Å². The van der Waals surface area contributed by atoms with E-state index in [4.69, 9.17) is 0 Å². The fourth-order valence-electron chi connectivity index (χ4n) is 3.52. The number of rotatable bonds is 7. The van der Waals surface area contributed by atoms with Crippen LogP contribution in [-0.4, -0.2) is 36.0 Å². The van der Waals surface area contributed by atoms with Gasteiger partial charge in [-0.15, -0.1) is 10.2 Å². The molecule has 8 heteroatoms. The Morgan fingerprint density at radius 1 is 1.09 bits per heavy atom. The van der Waals surface area contributed by atoms with E-state index in [0.717, 1.165) is 28.3 Å². The van der Waals surface area contributed by atoms with Crippen LogP contribution in [0.3, 0.4) is 0 Å². The Morgan fingerprint density at radius 2 is 1.88 bits per heavy atom. The Labute approximate surface area is 191 Å².